The summed E-state index contributed by atoms with van der Waals surface area (Å²) in [6.45, 7) is -0.316. The van der Waals surface area contributed by atoms with Crippen molar-refractivity contribution in [3.8, 4) is 22.6 Å². The van der Waals surface area contributed by atoms with Crippen LogP contribution in [0.4, 0.5) is 17.6 Å². The molecule has 1 N–H and O–H groups in total. The molecule has 0 aliphatic carbocycles. The van der Waals surface area contributed by atoms with Gasteiger partial charge in [-0.15, -0.1) is 13.2 Å². The highest BCUT2D eigenvalue weighted by molar-refractivity contribution is 5.71. The van der Waals surface area contributed by atoms with E-state index in [9.17, 15) is 17.6 Å². The summed E-state index contributed by atoms with van der Waals surface area (Å²) in [7, 11) is 0. The van der Waals surface area contributed by atoms with Crippen molar-refractivity contribution >= 4 is 0 Å². The molecule has 2 aromatic carbocycles. The first-order valence-corrected chi connectivity index (χ1v) is 6.28. The monoisotopic (exact) mass is 316 g/mol. The molecule has 0 heterocycles. The van der Waals surface area contributed by atoms with Crippen LogP contribution in [-0.2, 0) is 0 Å². The lowest BCUT2D eigenvalue weighted by Gasteiger charge is -2.14. The summed E-state index contributed by atoms with van der Waals surface area (Å²) in [5.41, 5.74) is 0.251. The third kappa shape index (κ3) is 4.36. The summed E-state index contributed by atoms with van der Waals surface area (Å²) in [5.74, 6) is -1.01. The lowest BCUT2D eigenvalue weighted by molar-refractivity contribution is -0.274. The number of halogens is 4. The highest BCUT2D eigenvalue weighted by Gasteiger charge is 2.32. The molecule has 0 amide bonds. The maximum absolute atomic E-state index is 13.6. The van der Waals surface area contributed by atoms with Crippen molar-refractivity contribution in [1.82, 2.24) is 0 Å². The molecule has 0 radical (unpaired) electrons. The van der Waals surface area contributed by atoms with Crippen molar-refractivity contribution < 1.29 is 32.1 Å². The first kappa shape index (κ1) is 16.1. The van der Waals surface area contributed by atoms with Crippen molar-refractivity contribution in [2.45, 2.75) is 6.36 Å². The van der Waals surface area contributed by atoms with Crippen LogP contribution in [0.25, 0.3) is 11.1 Å². The van der Waals surface area contributed by atoms with Gasteiger partial charge in [0.25, 0.3) is 0 Å². The summed E-state index contributed by atoms with van der Waals surface area (Å²) in [5, 5.41) is 8.69. The van der Waals surface area contributed by atoms with E-state index in [4.69, 9.17) is 9.84 Å². The summed E-state index contributed by atoms with van der Waals surface area (Å²) in [6.07, 6.45) is -4.85. The lowest BCUT2D eigenvalue weighted by atomic mass is 10.0. The normalized spacial score (nSPS) is 11.3. The van der Waals surface area contributed by atoms with Crippen molar-refractivity contribution in [3.63, 3.8) is 0 Å². The molecule has 0 aliphatic rings. The van der Waals surface area contributed by atoms with Crippen molar-refractivity contribution in [2.24, 2.45) is 0 Å². The molecule has 22 heavy (non-hydrogen) atoms. The number of ether oxygens (including phenoxy) is 2. The van der Waals surface area contributed by atoms with Gasteiger partial charge in [-0.3, -0.25) is 0 Å². The number of alkyl halides is 3. The van der Waals surface area contributed by atoms with E-state index in [-0.39, 0.29) is 30.1 Å². The zero-order valence-corrected chi connectivity index (χ0v) is 11.2. The fraction of sp³-hybridized carbons (Fsp3) is 0.200. The molecule has 0 aliphatic heterocycles. The molecule has 7 heteroatoms. The number of hydrogen-bond donors (Lipinski definition) is 1. The fourth-order valence-corrected chi connectivity index (χ4v) is 1.88. The molecule has 0 spiro atoms. The molecule has 3 nitrogen and oxygen atoms in total. The SMILES string of the molecule is OCCOc1cc(F)cc(-c2ccccc2OC(F)(F)F)c1. The predicted molar refractivity (Wildman–Crippen MR) is 71.1 cm³/mol. The maximum Gasteiger partial charge on any atom is 0.573 e. The lowest BCUT2D eigenvalue weighted by Crippen LogP contribution is -2.17. The van der Waals surface area contributed by atoms with Gasteiger partial charge in [0.15, 0.2) is 0 Å². The third-order valence-corrected chi connectivity index (χ3v) is 2.66. The van der Waals surface area contributed by atoms with Crippen LogP contribution in [0.1, 0.15) is 0 Å². The minimum absolute atomic E-state index is 0.0520. The molecule has 2 rings (SSSR count). The van der Waals surface area contributed by atoms with Crippen LogP contribution in [0.5, 0.6) is 11.5 Å². The number of rotatable bonds is 5. The molecule has 0 unspecified atom stereocenters. The quantitative estimate of drug-likeness (QED) is 0.854. The van der Waals surface area contributed by atoms with Gasteiger partial charge in [0, 0.05) is 11.6 Å². The summed E-state index contributed by atoms with van der Waals surface area (Å²) in [6, 6.07) is 8.94. The van der Waals surface area contributed by atoms with Crippen LogP contribution in [0.15, 0.2) is 42.5 Å². The molecule has 0 fully saturated rings. The number of aliphatic hydroxyl groups excluding tert-OH is 1. The summed E-state index contributed by atoms with van der Waals surface area (Å²) >= 11 is 0. The highest BCUT2D eigenvalue weighted by Crippen LogP contribution is 2.35. The minimum atomic E-state index is -4.85. The largest absolute Gasteiger partial charge is 0.573 e. The van der Waals surface area contributed by atoms with Crippen LogP contribution in [0, 0.1) is 5.82 Å². The zero-order valence-electron chi connectivity index (χ0n) is 11.2. The van der Waals surface area contributed by atoms with Crippen LogP contribution in [0.3, 0.4) is 0 Å². The molecule has 0 saturated carbocycles. The Labute approximate surface area is 123 Å². The molecule has 0 saturated heterocycles. The first-order valence-electron chi connectivity index (χ1n) is 6.28. The second-order valence-corrected chi connectivity index (χ2v) is 4.29. The van der Waals surface area contributed by atoms with Gasteiger partial charge in [-0.25, -0.2) is 4.39 Å². The third-order valence-electron chi connectivity index (χ3n) is 2.66. The smallest absolute Gasteiger partial charge is 0.491 e. The molecule has 118 valence electrons. The van der Waals surface area contributed by atoms with E-state index in [1.54, 1.807) is 0 Å². The Hall–Kier alpha value is -2.28. The Morgan fingerprint density at radius 3 is 2.45 bits per heavy atom. The van der Waals surface area contributed by atoms with Crippen molar-refractivity contribution in [1.29, 1.82) is 0 Å². The van der Waals surface area contributed by atoms with Gasteiger partial charge in [-0.1, -0.05) is 18.2 Å². The van der Waals surface area contributed by atoms with Gasteiger partial charge in [-0.2, -0.15) is 0 Å². The van der Waals surface area contributed by atoms with E-state index < -0.39 is 17.9 Å². The first-order chi connectivity index (χ1) is 10.4. The van der Waals surface area contributed by atoms with Gasteiger partial charge < -0.3 is 14.6 Å². The second kappa shape index (κ2) is 6.65. The second-order valence-electron chi connectivity index (χ2n) is 4.29. The van der Waals surface area contributed by atoms with Crippen molar-refractivity contribution in [2.75, 3.05) is 13.2 Å². The zero-order chi connectivity index (χ0) is 16.2. The van der Waals surface area contributed by atoms with Crippen LogP contribution in [0.2, 0.25) is 0 Å². The van der Waals surface area contributed by atoms with Crippen molar-refractivity contribution in [3.05, 3.63) is 48.3 Å². The number of para-hydroxylation sites is 1. The van der Waals surface area contributed by atoms with E-state index in [0.29, 0.717) is 0 Å². The average molecular weight is 316 g/mol. The van der Waals surface area contributed by atoms with Crippen LogP contribution in [-0.4, -0.2) is 24.7 Å². The minimum Gasteiger partial charge on any atom is -0.491 e. The van der Waals surface area contributed by atoms with E-state index in [0.717, 1.165) is 18.2 Å². The van der Waals surface area contributed by atoms with Gasteiger partial charge in [0.1, 0.15) is 23.9 Å². The Morgan fingerprint density at radius 1 is 1.05 bits per heavy atom. The number of benzene rings is 2. The molecule has 2 aromatic rings. The molecule has 0 bridgehead atoms. The van der Waals surface area contributed by atoms with Gasteiger partial charge in [0.2, 0.25) is 0 Å². The predicted octanol–water partition coefficient (Wildman–Crippen LogP) is 3.76. The number of aliphatic hydroxyl groups is 1. The van der Waals surface area contributed by atoms with E-state index >= 15 is 0 Å². The van der Waals surface area contributed by atoms with E-state index in [1.807, 2.05) is 0 Å². The fourth-order valence-electron chi connectivity index (χ4n) is 1.88. The van der Waals surface area contributed by atoms with E-state index in [1.165, 1.54) is 24.3 Å². The summed E-state index contributed by atoms with van der Waals surface area (Å²) in [4.78, 5) is 0. The Balaban J connectivity index is 2.41. The standard InChI is InChI=1S/C15H12F4O3/c16-11-7-10(8-12(9-11)21-6-5-20)13-3-1-2-4-14(13)22-15(17,18)19/h1-4,7-9,20H,5-6H2. The van der Waals surface area contributed by atoms with Crippen LogP contribution >= 0.6 is 0 Å². The Kier molecular flexibility index (Phi) is 4.87. The molecule has 0 atom stereocenters. The highest BCUT2D eigenvalue weighted by atomic mass is 19.4. The number of hydrogen-bond acceptors (Lipinski definition) is 3. The topological polar surface area (TPSA) is 38.7 Å². The molecule has 0 aromatic heterocycles. The average Bonchev–Trinajstić information content (AvgIpc) is 2.43. The summed E-state index contributed by atoms with van der Waals surface area (Å²) < 4.78 is 59.9. The van der Waals surface area contributed by atoms with Crippen LogP contribution < -0.4 is 9.47 Å². The van der Waals surface area contributed by atoms with E-state index in [2.05, 4.69) is 4.74 Å². The Morgan fingerprint density at radius 2 is 1.77 bits per heavy atom. The van der Waals surface area contributed by atoms with Gasteiger partial charge in [0.05, 0.1) is 6.61 Å². The molecular formula is C15H12F4O3. The van der Waals surface area contributed by atoms with Gasteiger partial charge in [-0.05, 0) is 23.8 Å². The Bertz CT molecular complexity index is 641. The molecular weight excluding hydrogens is 304 g/mol. The maximum atomic E-state index is 13.6. The van der Waals surface area contributed by atoms with Gasteiger partial charge >= 0.3 is 6.36 Å².